The van der Waals surface area contributed by atoms with Crippen LogP contribution in [0.3, 0.4) is 0 Å². The second-order valence-corrected chi connectivity index (χ2v) is 12.3. The summed E-state index contributed by atoms with van der Waals surface area (Å²) < 4.78 is 37.3. The summed E-state index contributed by atoms with van der Waals surface area (Å²) in [6.07, 6.45) is 3.49. The van der Waals surface area contributed by atoms with Crippen molar-refractivity contribution in [3.63, 3.8) is 0 Å². The van der Waals surface area contributed by atoms with E-state index in [0.717, 1.165) is 36.8 Å². The molecule has 0 bridgehead atoms. The van der Waals surface area contributed by atoms with Gasteiger partial charge in [0, 0.05) is 19.7 Å². The number of amides is 2. The van der Waals surface area contributed by atoms with Gasteiger partial charge in [0.25, 0.3) is 5.91 Å². The first-order valence-electron chi connectivity index (χ1n) is 15.2. The van der Waals surface area contributed by atoms with Gasteiger partial charge >= 0.3 is 6.09 Å². The lowest BCUT2D eigenvalue weighted by Crippen LogP contribution is -2.53. The Balaban J connectivity index is 1.26. The molecule has 42 heavy (non-hydrogen) atoms. The van der Waals surface area contributed by atoms with Crippen molar-refractivity contribution in [2.24, 2.45) is 0 Å². The molecule has 0 spiro atoms. The molecule has 2 amide bonds. The Morgan fingerprint density at radius 3 is 2.50 bits per heavy atom. The summed E-state index contributed by atoms with van der Waals surface area (Å²) in [6.45, 7) is 7.66. The van der Waals surface area contributed by atoms with E-state index in [-0.39, 0.29) is 36.7 Å². The maximum absolute atomic E-state index is 13.9. The highest BCUT2D eigenvalue weighted by Crippen LogP contribution is 2.36. The number of carbonyl (C=O) groups excluding carboxylic acids is 2. The molecule has 8 nitrogen and oxygen atoms in total. The lowest BCUT2D eigenvalue weighted by molar-refractivity contribution is -0.166. The first-order valence-corrected chi connectivity index (χ1v) is 15.2. The van der Waals surface area contributed by atoms with Gasteiger partial charge in [-0.15, -0.1) is 0 Å². The summed E-state index contributed by atoms with van der Waals surface area (Å²) in [7, 11) is 0. The standard InChI is InChI=1S/C33H43FN2O6/c1-33(2,3)42-32(38)35(19-21-40-29-10-6-7-20-39-29)26-15-16-28(41-22-26)31(37)36-18-17-23-8-4-5-9-27(23)30(36)24-11-13-25(34)14-12-24/h4-5,8-9,11-14,26,28-30H,6-7,10,15-22H2,1-3H3/t26-,28-,29?,30-/m0/s1. The molecule has 3 aliphatic rings. The van der Waals surface area contributed by atoms with Crippen LogP contribution in [0.4, 0.5) is 9.18 Å². The molecule has 2 aromatic rings. The number of carbonyl (C=O) groups is 2. The Hall–Kier alpha value is -3.01. The minimum Gasteiger partial charge on any atom is -0.444 e. The predicted molar refractivity (Wildman–Crippen MR) is 155 cm³/mol. The Bertz CT molecular complexity index is 1200. The molecule has 2 fully saturated rings. The average Bonchev–Trinajstić information content (AvgIpc) is 2.99. The minimum atomic E-state index is -0.642. The van der Waals surface area contributed by atoms with Gasteiger partial charge in [-0.05, 0) is 88.1 Å². The summed E-state index contributed by atoms with van der Waals surface area (Å²) in [5, 5.41) is 0. The van der Waals surface area contributed by atoms with Crippen LogP contribution in [0.2, 0.25) is 0 Å². The number of halogens is 1. The second kappa shape index (κ2) is 13.5. The average molecular weight is 583 g/mol. The Morgan fingerprint density at radius 2 is 1.81 bits per heavy atom. The third kappa shape index (κ3) is 7.49. The molecule has 0 aliphatic carbocycles. The summed E-state index contributed by atoms with van der Waals surface area (Å²) in [6, 6.07) is 13.9. The van der Waals surface area contributed by atoms with E-state index < -0.39 is 17.8 Å². The molecule has 2 saturated heterocycles. The topological polar surface area (TPSA) is 77.5 Å². The fourth-order valence-corrected chi connectivity index (χ4v) is 6.04. The number of nitrogens with zero attached hydrogens (tertiary/aromatic N) is 2. The predicted octanol–water partition coefficient (Wildman–Crippen LogP) is 5.63. The Kier molecular flexibility index (Phi) is 9.81. The quantitative estimate of drug-likeness (QED) is 0.421. The van der Waals surface area contributed by atoms with E-state index in [1.807, 2.05) is 43.9 Å². The van der Waals surface area contributed by atoms with Gasteiger partial charge in [-0.1, -0.05) is 36.4 Å². The molecule has 9 heteroatoms. The molecule has 4 atom stereocenters. The molecular weight excluding hydrogens is 539 g/mol. The van der Waals surface area contributed by atoms with Gasteiger partial charge in [0.2, 0.25) is 0 Å². The molecule has 0 N–H and O–H groups in total. The number of rotatable bonds is 7. The van der Waals surface area contributed by atoms with Crippen LogP contribution in [0, 0.1) is 5.82 Å². The molecule has 3 aliphatic heterocycles. The maximum atomic E-state index is 13.9. The summed E-state index contributed by atoms with van der Waals surface area (Å²) in [5.74, 6) is -0.396. The number of hydrogen-bond donors (Lipinski definition) is 0. The molecular formula is C33H43FN2O6. The van der Waals surface area contributed by atoms with Gasteiger partial charge in [-0.25, -0.2) is 9.18 Å². The third-order valence-corrected chi connectivity index (χ3v) is 8.12. The van der Waals surface area contributed by atoms with Gasteiger partial charge in [0.05, 0.1) is 25.3 Å². The van der Waals surface area contributed by atoms with Crippen molar-refractivity contribution in [3.05, 3.63) is 71.0 Å². The van der Waals surface area contributed by atoms with E-state index in [0.29, 0.717) is 39.1 Å². The highest BCUT2D eigenvalue weighted by Gasteiger charge is 2.39. The summed E-state index contributed by atoms with van der Waals surface area (Å²) in [5.41, 5.74) is 2.46. The fourth-order valence-electron chi connectivity index (χ4n) is 6.04. The Morgan fingerprint density at radius 1 is 1.02 bits per heavy atom. The van der Waals surface area contributed by atoms with Crippen molar-refractivity contribution in [2.75, 3.05) is 32.9 Å². The summed E-state index contributed by atoms with van der Waals surface area (Å²) >= 11 is 0. The molecule has 2 aromatic carbocycles. The molecule has 0 radical (unpaired) electrons. The highest BCUT2D eigenvalue weighted by atomic mass is 19.1. The van der Waals surface area contributed by atoms with E-state index in [1.165, 1.54) is 17.7 Å². The van der Waals surface area contributed by atoms with E-state index in [1.54, 1.807) is 17.0 Å². The zero-order chi connectivity index (χ0) is 29.7. The number of ether oxygens (including phenoxy) is 4. The second-order valence-electron chi connectivity index (χ2n) is 12.3. The van der Waals surface area contributed by atoms with Crippen molar-refractivity contribution in [1.29, 1.82) is 0 Å². The van der Waals surface area contributed by atoms with E-state index in [9.17, 15) is 14.0 Å². The van der Waals surface area contributed by atoms with Gasteiger partial charge < -0.3 is 28.7 Å². The molecule has 5 rings (SSSR count). The lowest BCUT2D eigenvalue weighted by Gasteiger charge is -2.42. The lowest BCUT2D eigenvalue weighted by atomic mass is 9.87. The van der Waals surface area contributed by atoms with Crippen molar-refractivity contribution < 1.29 is 32.9 Å². The smallest absolute Gasteiger partial charge is 0.410 e. The van der Waals surface area contributed by atoms with Crippen LogP contribution in [0.5, 0.6) is 0 Å². The van der Waals surface area contributed by atoms with Crippen LogP contribution in [0.15, 0.2) is 48.5 Å². The van der Waals surface area contributed by atoms with Crippen molar-refractivity contribution in [2.45, 2.75) is 89.4 Å². The molecule has 1 unspecified atom stereocenters. The van der Waals surface area contributed by atoms with E-state index in [4.69, 9.17) is 18.9 Å². The summed E-state index contributed by atoms with van der Waals surface area (Å²) in [4.78, 5) is 30.7. The van der Waals surface area contributed by atoms with Crippen LogP contribution < -0.4 is 0 Å². The number of hydrogen-bond acceptors (Lipinski definition) is 6. The van der Waals surface area contributed by atoms with E-state index in [2.05, 4.69) is 6.07 Å². The molecule has 0 aromatic heterocycles. The third-order valence-electron chi connectivity index (χ3n) is 8.12. The first-order chi connectivity index (χ1) is 20.2. The van der Waals surface area contributed by atoms with Gasteiger partial charge in [-0.2, -0.15) is 0 Å². The van der Waals surface area contributed by atoms with Crippen molar-refractivity contribution in [3.8, 4) is 0 Å². The van der Waals surface area contributed by atoms with Crippen molar-refractivity contribution >= 4 is 12.0 Å². The zero-order valence-corrected chi connectivity index (χ0v) is 24.9. The molecule has 3 heterocycles. The van der Waals surface area contributed by atoms with E-state index >= 15 is 0 Å². The highest BCUT2D eigenvalue weighted by molar-refractivity contribution is 5.82. The molecule has 228 valence electrons. The van der Waals surface area contributed by atoms with Crippen LogP contribution >= 0.6 is 0 Å². The fraction of sp³-hybridized carbons (Fsp3) is 0.576. The minimum absolute atomic E-state index is 0.0844. The maximum Gasteiger partial charge on any atom is 0.410 e. The van der Waals surface area contributed by atoms with Crippen molar-refractivity contribution in [1.82, 2.24) is 9.80 Å². The van der Waals surface area contributed by atoms with Crippen LogP contribution in [-0.2, 0) is 30.2 Å². The number of benzene rings is 2. The van der Waals surface area contributed by atoms with Crippen LogP contribution in [0.1, 0.15) is 75.6 Å². The first kappa shape index (κ1) is 30.4. The van der Waals surface area contributed by atoms with Crippen LogP contribution in [-0.4, -0.2) is 78.7 Å². The van der Waals surface area contributed by atoms with Gasteiger partial charge in [0.1, 0.15) is 17.5 Å². The van der Waals surface area contributed by atoms with Crippen LogP contribution in [0.25, 0.3) is 0 Å². The van der Waals surface area contributed by atoms with Gasteiger partial charge in [0.15, 0.2) is 6.29 Å². The molecule has 0 saturated carbocycles. The Labute approximate surface area is 248 Å². The monoisotopic (exact) mass is 582 g/mol. The number of fused-ring (bicyclic) bond motifs is 1. The SMILES string of the molecule is CC(C)(C)OC(=O)N(CCOC1CCCCO1)[C@H]1CC[C@@H](C(=O)N2CCc3ccccc3[C@@H]2c2ccc(F)cc2)OC1. The normalized spacial score (nSPS) is 24.5. The largest absolute Gasteiger partial charge is 0.444 e. The van der Waals surface area contributed by atoms with Gasteiger partial charge in [-0.3, -0.25) is 4.79 Å². The zero-order valence-electron chi connectivity index (χ0n) is 24.9.